The number of carbonyl (C=O) groups excluding carboxylic acids is 1. The Labute approximate surface area is 134 Å². The second-order valence-electron chi connectivity index (χ2n) is 4.61. The van der Waals surface area contributed by atoms with Crippen LogP contribution in [0.2, 0.25) is 10.2 Å². The van der Waals surface area contributed by atoms with Crippen molar-refractivity contribution in [2.24, 2.45) is 0 Å². The fourth-order valence-corrected chi connectivity index (χ4v) is 2.40. The van der Waals surface area contributed by atoms with Gasteiger partial charge in [-0.3, -0.25) is 4.79 Å². The van der Waals surface area contributed by atoms with Gasteiger partial charge < -0.3 is 5.32 Å². The normalized spacial score (nSPS) is 10.5. The van der Waals surface area contributed by atoms with E-state index in [0.717, 1.165) is 29.7 Å². The van der Waals surface area contributed by atoms with Gasteiger partial charge in [-0.25, -0.2) is 4.98 Å². The molecule has 1 amide bonds. The first-order chi connectivity index (χ1) is 10.1. The summed E-state index contributed by atoms with van der Waals surface area (Å²) in [5, 5.41) is 3.42. The predicted molar refractivity (Wildman–Crippen MR) is 87.4 cm³/mol. The topological polar surface area (TPSA) is 42.0 Å². The highest BCUT2D eigenvalue weighted by molar-refractivity contribution is 6.41. The number of halogens is 2. The number of pyridine rings is 1. The molecule has 0 atom stereocenters. The molecule has 0 aliphatic rings. The molecule has 1 aromatic heterocycles. The highest BCUT2D eigenvalue weighted by atomic mass is 35.5. The van der Waals surface area contributed by atoms with Crippen LogP contribution in [0.15, 0.2) is 30.5 Å². The van der Waals surface area contributed by atoms with E-state index in [0.29, 0.717) is 5.56 Å². The molecule has 0 aliphatic heterocycles. The Morgan fingerprint density at radius 1 is 1.19 bits per heavy atom. The molecule has 0 saturated carbocycles. The smallest absolute Gasteiger partial charge is 0.257 e. The summed E-state index contributed by atoms with van der Waals surface area (Å²) < 4.78 is 0. The molecule has 21 heavy (non-hydrogen) atoms. The number of aromatic nitrogens is 1. The Balaban J connectivity index is 2.33. The van der Waals surface area contributed by atoms with Crippen molar-refractivity contribution >= 4 is 34.8 Å². The first kappa shape index (κ1) is 15.8. The predicted octanol–water partition coefficient (Wildman–Crippen LogP) is 4.77. The molecule has 0 radical (unpaired) electrons. The molecule has 1 aromatic carbocycles. The summed E-state index contributed by atoms with van der Waals surface area (Å²) in [6, 6.07) is 7.56. The van der Waals surface area contributed by atoms with Gasteiger partial charge in [-0.2, -0.15) is 0 Å². The molecule has 5 heteroatoms. The zero-order valence-electron chi connectivity index (χ0n) is 11.9. The molecule has 0 fully saturated rings. The fourth-order valence-electron chi connectivity index (χ4n) is 2.13. The van der Waals surface area contributed by atoms with Gasteiger partial charge in [0.25, 0.3) is 5.91 Å². The summed E-state index contributed by atoms with van der Waals surface area (Å²) in [6.45, 7) is 4.12. The third kappa shape index (κ3) is 3.55. The van der Waals surface area contributed by atoms with Crippen LogP contribution in [0.5, 0.6) is 0 Å². The largest absolute Gasteiger partial charge is 0.321 e. The minimum atomic E-state index is -0.239. The lowest BCUT2D eigenvalue weighted by Crippen LogP contribution is -2.15. The average molecular weight is 323 g/mol. The molecule has 2 aromatic rings. The van der Waals surface area contributed by atoms with Crippen LogP contribution in [0.4, 0.5) is 5.69 Å². The van der Waals surface area contributed by atoms with Crippen LogP contribution in [0.1, 0.15) is 35.3 Å². The van der Waals surface area contributed by atoms with Gasteiger partial charge in [-0.15, -0.1) is 0 Å². The van der Waals surface area contributed by atoms with Gasteiger partial charge >= 0.3 is 0 Å². The molecular formula is C16H16Cl2N2O. The fraction of sp³-hybridized carbons (Fsp3) is 0.250. The summed E-state index contributed by atoms with van der Waals surface area (Å²) in [4.78, 5) is 16.3. The number of nitrogens with one attached hydrogen (secondary N) is 1. The zero-order chi connectivity index (χ0) is 15.4. The number of benzene rings is 1. The number of aryl methyl sites for hydroxylation is 2. The Morgan fingerprint density at radius 2 is 1.81 bits per heavy atom. The van der Waals surface area contributed by atoms with Crippen molar-refractivity contribution in [3.63, 3.8) is 0 Å². The van der Waals surface area contributed by atoms with Crippen molar-refractivity contribution in [3.8, 4) is 0 Å². The van der Waals surface area contributed by atoms with Gasteiger partial charge in [0.2, 0.25) is 0 Å². The first-order valence-electron chi connectivity index (χ1n) is 6.80. The quantitative estimate of drug-likeness (QED) is 0.824. The molecule has 1 heterocycles. The van der Waals surface area contributed by atoms with Gasteiger partial charge in [-0.05, 0) is 30.0 Å². The van der Waals surface area contributed by atoms with Gasteiger partial charge in [0.05, 0.1) is 10.6 Å². The maximum atomic E-state index is 12.4. The molecule has 0 saturated heterocycles. The number of hydrogen-bond acceptors (Lipinski definition) is 2. The number of amides is 1. The number of hydrogen-bond donors (Lipinski definition) is 1. The van der Waals surface area contributed by atoms with Gasteiger partial charge in [0.15, 0.2) is 0 Å². The van der Waals surface area contributed by atoms with Crippen molar-refractivity contribution in [3.05, 3.63) is 57.3 Å². The minimum Gasteiger partial charge on any atom is -0.321 e. The molecule has 110 valence electrons. The van der Waals surface area contributed by atoms with E-state index < -0.39 is 0 Å². The molecule has 1 N–H and O–H groups in total. The van der Waals surface area contributed by atoms with E-state index in [1.165, 1.54) is 12.3 Å². The summed E-state index contributed by atoms with van der Waals surface area (Å²) in [5.41, 5.74) is 3.47. The molecule has 0 aliphatic carbocycles. The second kappa shape index (κ2) is 6.92. The lowest BCUT2D eigenvalue weighted by atomic mass is 10.0. The third-order valence-corrected chi connectivity index (χ3v) is 3.98. The summed E-state index contributed by atoms with van der Waals surface area (Å²) in [7, 11) is 0. The van der Waals surface area contributed by atoms with Crippen LogP contribution in [0, 0.1) is 0 Å². The molecular weight excluding hydrogens is 307 g/mol. The van der Waals surface area contributed by atoms with Crippen LogP contribution >= 0.6 is 23.2 Å². The maximum Gasteiger partial charge on any atom is 0.257 e. The van der Waals surface area contributed by atoms with Crippen molar-refractivity contribution in [2.45, 2.75) is 26.7 Å². The monoisotopic (exact) mass is 322 g/mol. The van der Waals surface area contributed by atoms with E-state index in [2.05, 4.69) is 24.1 Å². The van der Waals surface area contributed by atoms with Gasteiger partial charge in [0.1, 0.15) is 5.15 Å². The SMILES string of the molecule is CCc1cccc(CC)c1NC(=O)c1cnc(Cl)c(Cl)c1. The zero-order valence-corrected chi connectivity index (χ0v) is 13.4. The summed E-state index contributed by atoms with van der Waals surface area (Å²) in [6.07, 6.45) is 3.12. The van der Waals surface area contributed by atoms with E-state index in [9.17, 15) is 4.79 Å². The summed E-state index contributed by atoms with van der Waals surface area (Å²) >= 11 is 11.7. The number of nitrogens with zero attached hydrogens (tertiary/aromatic N) is 1. The van der Waals surface area contributed by atoms with Gasteiger partial charge in [-0.1, -0.05) is 55.2 Å². The second-order valence-corrected chi connectivity index (χ2v) is 5.37. The van der Waals surface area contributed by atoms with Crippen LogP contribution < -0.4 is 5.32 Å². The van der Waals surface area contributed by atoms with E-state index in [1.54, 1.807) is 0 Å². The highest BCUT2D eigenvalue weighted by Crippen LogP contribution is 2.24. The standard InChI is InChI=1S/C16H16Cl2N2O/c1-3-10-6-5-7-11(4-2)14(10)20-16(21)12-8-13(17)15(18)19-9-12/h5-9H,3-4H2,1-2H3,(H,20,21). The van der Waals surface area contributed by atoms with Crippen molar-refractivity contribution < 1.29 is 4.79 Å². The molecule has 3 nitrogen and oxygen atoms in total. The van der Waals surface area contributed by atoms with Crippen LogP contribution in [0.3, 0.4) is 0 Å². The Kier molecular flexibility index (Phi) is 5.21. The Hall–Kier alpha value is -1.58. The number of para-hydroxylation sites is 1. The van der Waals surface area contributed by atoms with Gasteiger partial charge in [0, 0.05) is 11.9 Å². The first-order valence-corrected chi connectivity index (χ1v) is 7.55. The van der Waals surface area contributed by atoms with E-state index in [4.69, 9.17) is 23.2 Å². The van der Waals surface area contributed by atoms with E-state index in [-0.39, 0.29) is 16.1 Å². The van der Waals surface area contributed by atoms with Crippen LogP contribution in [-0.2, 0) is 12.8 Å². The molecule has 2 rings (SSSR count). The molecule has 0 spiro atoms. The van der Waals surface area contributed by atoms with Crippen molar-refractivity contribution in [2.75, 3.05) is 5.32 Å². The molecule has 0 bridgehead atoms. The minimum absolute atomic E-state index is 0.191. The third-order valence-electron chi connectivity index (χ3n) is 3.30. The average Bonchev–Trinajstić information content (AvgIpc) is 2.50. The van der Waals surface area contributed by atoms with Crippen molar-refractivity contribution in [1.29, 1.82) is 0 Å². The van der Waals surface area contributed by atoms with E-state index >= 15 is 0 Å². The lowest BCUT2D eigenvalue weighted by molar-refractivity contribution is 0.102. The van der Waals surface area contributed by atoms with Crippen molar-refractivity contribution in [1.82, 2.24) is 4.98 Å². The van der Waals surface area contributed by atoms with Crippen LogP contribution in [0.25, 0.3) is 0 Å². The Bertz CT molecular complexity index is 649. The highest BCUT2D eigenvalue weighted by Gasteiger charge is 2.13. The van der Waals surface area contributed by atoms with E-state index in [1.807, 2.05) is 18.2 Å². The van der Waals surface area contributed by atoms with Crippen LogP contribution in [-0.4, -0.2) is 10.9 Å². The maximum absolute atomic E-state index is 12.4. The Morgan fingerprint density at radius 3 is 2.33 bits per heavy atom. The molecule has 0 unspecified atom stereocenters. The number of anilines is 1. The lowest BCUT2D eigenvalue weighted by Gasteiger charge is -2.14. The summed E-state index contributed by atoms with van der Waals surface area (Å²) in [5.74, 6) is -0.239. The number of carbonyl (C=O) groups is 1. The number of rotatable bonds is 4.